The SMILES string of the molecule is CCCCCCCCCCCCCCCCCC(=O)OCCSP(=O)(O)O[C@H]1C2OCCC[C@]2(COP(=O)(O)O[C@H]2C(O)[C@@H](COP(=O)(O)O[C@H]3C(OC)[C@@H](COP(=O)(O)OCCO)O[C@H]3n3cnc4c(N)ncnc43)O[C@H]2n2cnc3c(N)ncnc32)O[C@H]1n1cnc2c(N)ncnc21. The first-order chi connectivity index (χ1) is 48.0. The van der Waals surface area contributed by atoms with Crippen LogP contribution in [0.2, 0.25) is 0 Å². The number of esters is 1. The zero-order valence-electron chi connectivity index (χ0n) is 55.0. The Balaban J connectivity index is 0.797. The summed E-state index contributed by atoms with van der Waals surface area (Å²) in [7, 11) is -14.6. The highest BCUT2D eigenvalue weighted by atomic mass is 32.7. The Morgan fingerprint density at radius 1 is 0.600 bits per heavy atom. The highest BCUT2D eigenvalue weighted by Crippen LogP contribution is 2.62. The van der Waals surface area contributed by atoms with Crippen LogP contribution >= 0.6 is 41.6 Å². The number of aliphatic hydroxyl groups excluding tert-OH is 2. The first-order valence-corrected chi connectivity index (χ1v) is 40.6. The van der Waals surface area contributed by atoms with Gasteiger partial charge < -0.3 is 75.4 Å². The molecule has 4 aliphatic heterocycles. The topological polar surface area (TPSA) is 536 Å². The standard InChI is InChI=1S/C56H87N15O24P4S/c1-3-4-5-6-7-8-9-10-11-12-13-14-15-16-17-19-37(73)84-24-25-100-99(81,82)95-45-46-56(20-18-22-85-46,92-55(45)71-34-68-40-49(59)62-31-65-52(40)71)28-89-98(79,80)93-43-41(74)35(90-53(43)69-32-66-38-47(57)60-29-63-50(38)69)26-88-97(77,78)94-44-42(83-2)36(27-87-96(75,76)86-23-21-72)91-54(44)70-33-67-39-48(58)61-30-64-51(39)70/h29-36,41-46,53-55,72,74H,3-28H2,1-2H3,(H,75,76)(H,77,78)(H,79,80)(H,81,82)(H2,57,60,63)(H2,58,61,64)(H2,59,62,65)/t35-,36-,41?,42?,43+,44+,45+,46?,53-,54-,55-,56-/m1/s1. The maximum absolute atomic E-state index is 14.6. The molecule has 16 atom stereocenters. The van der Waals surface area contributed by atoms with Crippen molar-refractivity contribution in [2.24, 2.45) is 0 Å². The molecule has 0 aliphatic carbocycles. The molecule has 10 rings (SSSR count). The summed E-state index contributed by atoms with van der Waals surface area (Å²) in [6, 6.07) is 0. The molecule has 0 radical (unpaired) electrons. The number of aromatic nitrogens is 12. The summed E-state index contributed by atoms with van der Waals surface area (Å²) in [6.45, 7) is -6.45. The van der Waals surface area contributed by atoms with E-state index in [2.05, 4.69) is 51.8 Å². The van der Waals surface area contributed by atoms with Crippen molar-refractivity contribution in [3.63, 3.8) is 0 Å². The summed E-state index contributed by atoms with van der Waals surface area (Å²) < 4.78 is 135. The summed E-state index contributed by atoms with van der Waals surface area (Å²) >= 11 is 0.497. The molecule has 0 amide bonds. The van der Waals surface area contributed by atoms with Gasteiger partial charge in [-0.3, -0.25) is 50.2 Å². The zero-order chi connectivity index (χ0) is 71.2. The minimum Gasteiger partial charge on any atom is -0.465 e. The number of nitrogens with two attached hydrogens (primary N) is 3. The van der Waals surface area contributed by atoms with Crippen LogP contribution in [0.1, 0.15) is 141 Å². The molecule has 100 heavy (non-hydrogen) atoms. The van der Waals surface area contributed by atoms with Crippen molar-refractivity contribution in [3.8, 4) is 0 Å². The molecule has 0 spiro atoms. The van der Waals surface area contributed by atoms with Gasteiger partial charge in [0.05, 0.1) is 52.0 Å². The first kappa shape index (κ1) is 77.7. The van der Waals surface area contributed by atoms with E-state index in [4.69, 9.17) is 82.4 Å². The number of nitrogen functional groups attached to an aromatic ring is 3. The molecule has 39 nitrogen and oxygen atoms in total. The number of phosphoric acid groups is 3. The number of hydrogen-bond donors (Lipinski definition) is 9. The number of methoxy groups -OCH3 is 1. The third kappa shape index (κ3) is 19.5. The quantitative estimate of drug-likeness (QED) is 0.0120. The lowest BCUT2D eigenvalue weighted by Crippen LogP contribution is -2.51. The second kappa shape index (κ2) is 35.2. The minimum atomic E-state index is -5.53. The van der Waals surface area contributed by atoms with E-state index >= 15 is 0 Å². The maximum atomic E-state index is 14.6. The number of carbonyl (C=O) groups is 1. The fourth-order valence-corrected chi connectivity index (χ4v) is 17.5. The number of anilines is 3. The first-order valence-electron chi connectivity index (χ1n) is 32.9. The highest BCUT2D eigenvalue weighted by Gasteiger charge is 2.62. The highest BCUT2D eigenvalue weighted by molar-refractivity contribution is 8.54. The molecule has 0 aromatic carbocycles. The van der Waals surface area contributed by atoms with Crippen molar-refractivity contribution in [3.05, 3.63) is 38.0 Å². The van der Waals surface area contributed by atoms with E-state index in [1.54, 1.807) is 0 Å². The molecule has 6 aromatic heterocycles. The smallest absolute Gasteiger partial charge is 0.465 e. The van der Waals surface area contributed by atoms with E-state index < -0.39 is 142 Å². The van der Waals surface area contributed by atoms with Crippen LogP contribution in [0.5, 0.6) is 0 Å². The lowest BCUT2D eigenvalue weighted by molar-refractivity contribution is -0.165. The van der Waals surface area contributed by atoms with Crippen LogP contribution in [0.4, 0.5) is 17.5 Å². The fraction of sp³-hybridized carbons (Fsp3) is 0.714. The normalized spacial score (nSPS) is 27.2. The molecule has 7 unspecified atom stereocenters. The van der Waals surface area contributed by atoms with Crippen LogP contribution < -0.4 is 17.2 Å². The van der Waals surface area contributed by atoms with Gasteiger partial charge in [0.1, 0.15) is 96.6 Å². The summed E-state index contributed by atoms with van der Waals surface area (Å²) in [5.74, 6) is -0.735. The van der Waals surface area contributed by atoms with E-state index in [1.165, 1.54) is 97.7 Å². The van der Waals surface area contributed by atoms with E-state index in [1.807, 2.05) is 0 Å². The van der Waals surface area contributed by atoms with E-state index in [0.29, 0.717) is 17.8 Å². The van der Waals surface area contributed by atoms with Crippen molar-refractivity contribution >= 4 is 98.6 Å². The maximum Gasteiger partial charge on any atom is 0.472 e. The zero-order valence-corrected chi connectivity index (χ0v) is 59.4. The van der Waals surface area contributed by atoms with Crippen LogP contribution in [0.15, 0.2) is 38.0 Å². The largest absolute Gasteiger partial charge is 0.472 e. The van der Waals surface area contributed by atoms with Crippen molar-refractivity contribution in [1.82, 2.24) is 58.6 Å². The van der Waals surface area contributed by atoms with Gasteiger partial charge in [-0.25, -0.2) is 63.1 Å². The third-order valence-electron chi connectivity index (χ3n) is 17.3. The average molecular weight is 1510 g/mol. The second-order valence-electron chi connectivity index (χ2n) is 24.3. The fourth-order valence-electron chi connectivity index (χ4n) is 12.5. The number of fused-ring (bicyclic) bond motifs is 4. The Labute approximate surface area is 577 Å². The van der Waals surface area contributed by atoms with Gasteiger partial charge in [0.2, 0.25) is 0 Å². The molecule has 0 saturated carbocycles. The molecule has 12 N–H and O–H groups in total. The van der Waals surface area contributed by atoms with Crippen LogP contribution in [-0.4, -0.2) is 208 Å². The summed E-state index contributed by atoms with van der Waals surface area (Å²) in [6.07, 6.45) is 7.50. The van der Waals surface area contributed by atoms with E-state index in [0.717, 1.165) is 51.0 Å². The molecular weight excluding hydrogens is 1420 g/mol. The van der Waals surface area contributed by atoms with Gasteiger partial charge in [-0.2, -0.15) is 0 Å². The molecule has 0 bridgehead atoms. The Morgan fingerprint density at radius 2 is 1.09 bits per heavy atom. The minimum absolute atomic E-state index is 0.00971. The summed E-state index contributed by atoms with van der Waals surface area (Å²) in [5.41, 5.74) is 16.9. The molecule has 4 saturated heterocycles. The van der Waals surface area contributed by atoms with Gasteiger partial charge in [0.25, 0.3) is 0 Å². The summed E-state index contributed by atoms with van der Waals surface area (Å²) in [4.78, 5) is 95.3. The lowest BCUT2D eigenvalue weighted by Gasteiger charge is -2.38. The molecule has 4 aliphatic rings. The number of aliphatic hydroxyl groups is 2. The van der Waals surface area contributed by atoms with Crippen molar-refractivity contribution in [2.75, 3.05) is 76.3 Å². The number of rotatable bonds is 42. The number of phosphoric ester groups is 3. The predicted molar refractivity (Wildman–Crippen MR) is 353 cm³/mol. The lowest BCUT2D eigenvalue weighted by atomic mass is 9.89. The monoisotopic (exact) mass is 1510 g/mol. The van der Waals surface area contributed by atoms with E-state index in [9.17, 15) is 47.7 Å². The van der Waals surface area contributed by atoms with Gasteiger partial charge in [-0.05, 0) is 30.6 Å². The predicted octanol–water partition coefficient (Wildman–Crippen LogP) is 6.02. The number of hydrogen-bond acceptors (Lipinski definition) is 33. The number of nitrogens with zero attached hydrogens (tertiary/aromatic N) is 12. The van der Waals surface area contributed by atoms with Crippen LogP contribution in [0, 0.1) is 0 Å². The van der Waals surface area contributed by atoms with Crippen molar-refractivity contribution in [1.29, 1.82) is 0 Å². The molecule has 6 aromatic rings. The second-order valence-corrected chi connectivity index (χ2v) is 32.5. The average Bonchev–Trinajstić information content (AvgIpc) is 1.61. The molecule has 10 heterocycles. The van der Waals surface area contributed by atoms with Crippen LogP contribution in [0.25, 0.3) is 33.5 Å². The van der Waals surface area contributed by atoms with Crippen LogP contribution in [0.3, 0.4) is 0 Å². The molecular formula is C56H87N15O24P4S. The van der Waals surface area contributed by atoms with Gasteiger partial charge in [0, 0.05) is 25.9 Å². The summed E-state index contributed by atoms with van der Waals surface area (Å²) in [5, 5.41) is 21.3. The Kier molecular flexibility index (Phi) is 27.4. The number of carbonyl (C=O) groups excluding carboxylic acids is 1. The van der Waals surface area contributed by atoms with Crippen molar-refractivity contribution in [2.45, 2.75) is 196 Å². The van der Waals surface area contributed by atoms with E-state index in [-0.39, 0.29) is 89.2 Å². The molecule has 44 heteroatoms. The number of ether oxygens (including phenoxy) is 6. The van der Waals surface area contributed by atoms with Gasteiger partial charge >= 0.3 is 36.2 Å². The number of unbranched alkanes of at least 4 members (excludes halogenated alkanes) is 14. The Hall–Kier alpha value is -4.93. The van der Waals surface area contributed by atoms with Gasteiger partial charge in [-0.15, -0.1) is 0 Å². The van der Waals surface area contributed by atoms with Gasteiger partial charge in [-0.1, -0.05) is 96.8 Å². The third-order valence-corrected chi connectivity index (χ3v) is 23.2. The Bertz CT molecular complexity index is 3870. The van der Waals surface area contributed by atoms with Crippen LogP contribution in [-0.2, 0) is 83.1 Å². The molecule has 4 fully saturated rings. The van der Waals surface area contributed by atoms with Crippen molar-refractivity contribution < 1.29 is 113 Å². The molecule has 556 valence electrons. The number of imidazole rings is 3. The Morgan fingerprint density at radius 3 is 1.64 bits per heavy atom. The van der Waals surface area contributed by atoms with Gasteiger partial charge in [0.15, 0.2) is 53.1 Å².